The van der Waals surface area contributed by atoms with Gasteiger partial charge in [-0.05, 0) is 30.9 Å². The van der Waals surface area contributed by atoms with Gasteiger partial charge in [0.05, 0.1) is 18.9 Å². The van der Waals surface area contributed by atoms with Gasteiger partial charge >= 0.3 is 0 Å². The Morgan fingerprint density at radius 1 is 0.795 bits per heavy atom. The van der Waals surface area contributed by atoms with Crippen molar-refractivity contribution >= 4 is 0 Å². The molecule has 0 amide bonds. The maximum atomic E-state index is 15.1. The topological polar surface area (TPSA) is 31.4 Å². The Bertz CT molecular complexity index is 894. The minimum atomic E-state index is -0.838. The third-order valence-corrected chi connectivity index (χ3v) is 8.32. The van der Waals surface area contributed by atoms with Gasteiger partial charge in [-0.25, -0.2) is 4.39 Å². The van der Waals surface area contributed by atoms with Crippen LogP contribution in [0, 0.1) is 5.92 Å². The van der Waals surface area contributed by atoms with Gasteiger partial charge in [0.1, 0.15) is 6.17 Å². The van der Waals surface area contributed by atoms with E-state index >= 15 is 4.39 Å². The summed E-state index contributed by atoms with van der Waals surface area (Å²) in [6.07, 6.45) is 18.7. The summed E-state index contributed by atoms with van der Waals surface area (Å²) in [5, 5.41) is 0. The number of benzene rings is 1. The van der Waals surface area contributed by atoms with Crippen LogP contribution in [0.15, 0.2) is 42.6 Å². The van der Waals surface area contributed by atoms with Crippen LogP contribution in [0.2, 0.25) is 0 Å². The number of aromatic nitrogens is 1. The molecule has 2 unspecified atom stereocenters. The predicted molar refractivity (Wildman–Crippen MR) is 162 cm³/mol. The van der Waals surface area contributed by atoms with Crippen molar-refractivity contribution in [2.24, 2.45) is 5.92 Å². The lowest BCUT2D eigenvalue weighted by Crippen LogP contribution is -2.27. The zero-order valence-electron chi connectivity index (χ0n) is 25.0. The maximum absolute atomic E-state index is 15.1. The van der Waals surface area contributed by atoms with Gasteiger partial charge in [-0.2, -0.15) is 0 Å². The van der Waals surface area contributed by atoms with Gasteiger partial charge in [-0.3, -0.25) is 4.98 Å². The zero-order valence-corrected chi connectivity index (χ0v) is 25.0. The molecule has 2 aromatic rings. The van der Waals surface area contributed by atoms with E-state index in [0.717, 1.165) is 48.4 Å². The molecule has 1 aromatic heterocycles. The van der Waals surface area contributed by atoms with Crippen LogP contribution >= 0.6 is 0 Å². The van der Waals surface area contributed by atoms with Crippen molar-refractivity contribution in [3.8, 4) is 11.3 Å². The summed E-state index contributed by atoms with van der Waals surface area (Å²) in [5.74, 6) is 0.398. The molecule has 1 aromatic carbocycles. The van der Waals surface area contributed by atoms with E-state index in [4.69, 9.17) is 14.5 Å². The monoisotopic (exact) mass is 539 g/mol. The number of hydrogen-bond acceptors (Lipinski definition) is 3. The summed E-state index contributed by atoms with van der Waals surface area (Å²) in [7, 11) is 0. The second-order valence-electron chi connectivity index (χ2n) is 11.6. The van der Waals surface area contributed by atoms with Gasteiger partial charge in [-0.15, -0.1) is 0 Å². The summed E-state index contributed by atoms with van der Waals surface area (Å²) >= 11 is 0. The molecule has 218 valence electrons. The van der Waals surface area contributed by atoms with E-state index in [9.17, 15) is 0 Å². The fourth-order valence-electron chi connectivity index (χ4n) is 5.83. The van der Waals surface area contributed by atoms with Crippen molar-refractivity contribution in [2.45, 2.75) is 135 Å². The summed E-state index contributed by atoms with van der Waals surface area (Å²) < 4.78 is 27.4. The Balaban J connectivity index is 1.51. The highest BCUT2D eigenvalue weighted by Crippen LogP contribution is 2.36. The van der Waals surface area contributed by atoms with E-state index in [0.29, 0.717) is 12.3 Å². The molecule has 3 rings (SSSR count). The summed E-state index contributed by atoms with van der Waals surface area (Å²) in [4.78, 5) is 4.80. The SMILES string of the molecule is CCCCCCCCCCC1COC(c2ccc(-c3ccccc3C(CCCCCC)C(F)CC)nc2)OC1. The van der Waals surface area contributed by atoms with Crippen LogP contribution in [0.25, 0.3) is 11.3 Å². The molecule has 0 radical (unpaired) electrons. The Morgan fingerprint density at radius 3 is 2.08 bits per heavy atom. The second-order valence-corrected chi connectivity index (χ2v) is 11.6. The number of ether oxygens (including phenoxy) is 2. The van der Waals surface area contributed by atoms with Crippen molar-refractivity contribution < 1.29 is 13.9 Å². The number of rotatable bonds is 19. The predicted octanol–water partition coefficient (Wildman–Crippen LogP) is 10.7. The zero-order chi connectivity index (χ0) is 27.7. The summed E-state index contributed by atoms with van der Waals surface area (Å²) in [5.41, 5.74) is 3.96. The van der Waals surface area contributed by atoms with Crippen molar-refractivity contribution in [1.82, 2.24) is 4.98 Å². The van der Waals surface area contributed by atoms with Crippen LogP contribution in [0.3, 0.4) is 0 Å². The number of halogens is 1. The highest BCUT2D eigenvalue weighted by Gasteiger charge is 2.26. The van der Waals surface area contributed by atoms with Crippen LogP contribution in [0.1, 0.15) is 140 Å². The first-order valence-electron chi connectivity index (χ1n) is 16.1. The quantitative estimate of drug-likeness (QED) is 0.166. The molecule has 3 nitrogen and oxygen atoms in total. The molecule has 0 aliphatic carbocycles. The Morgan fingerprint density at radius 2 is 1.44 bits per heavy atom. The number of hydrogen-bond donors (Lipinski definition) is 0. The number of unbranched alkanes of at least 4 members (excludes halogenated alkanes) is 10. The Labute approximate surface area is 238 Å². The van der Waals surface area contributed by atoms with E-state index in [-0.39, 0.29) is 12.2 Å². The van der Waals surface area contributed by atoms with E-state index < -0.39 is 6.17 Å². The highest BCUT2D eigenvalue weighted by atomic mass is 19.1. The minimum absolute atomic E-state index is 0.0902. The molecule has 4 heteroatoms. The van der Waals surface area contributed by atoms with E-state index in [1.807, 2.05) is 31.3 Å². The fourth-order valence-corrected chi connectivity index (χ4v) is 5.83. The third kappa shape index (κ3) is 10.6. The molecule has 0 spiro atoms. The minimum Gasteiger partial charge on any atom is -0.348 e. The van der Waals surface area contributed by atoms with E-state index in [2.05, 4.69) is 32.0 Å². The first-order chi connectivity index (χ1) is 19.2. The molecule has 0 bridgehead atoms. The van der Waals surface area contributed by atoms with Crippen molar-refractivity contribution in [1.29, 1.82) is 0 Å². The van der Waals surface area contributed by atoms with Crippen LogP contribution in [-0.2, 0) is 9.47 Å². The van der Waals surface area contributed by atoms with Crippen LogP contribution in [-0.4, -0.2) is 24.4 Å². The van der Waals surface area contributed by atoms with Gasteiger partial charge in [0, 0.05) is 29.2 Å². The molecule has 2 atom stereocenters. The fraction of sp³-hybridized carbons (Fsp3) is 0.686. The summed E-state index contributed by atoms with van der Waals surface area (Å²) in [6.45, 7) is 7.93. The third-order valence-electron chi connectivity index (χ3n) is 8.32. The Hall–Kier alpha value is -1.78. The first kappa shape index (κ1) is 31.7. The van der Waals surface area contributed by atoms with Gasteiger partial charge in [0.15, 0.2) is 6.29 Å². The average molecular weight is 540 g/mol. The van der Waals surface area contributed by atoms with E-state index in [1.54, 1.807) is 0 Å². The standard InChI is InChI=1S/C35H54FNO2/c1-4-7-9-11-12-13-14-15-19-28-26-38-35(39-27-28)29-23-24-34(37-25-29)32-22-18-17-20-30(32)31(33(36)6-3)21-16-10-8-5-2/h17-18,20,22-25,28,31,33,35H,4-16,19,21,26-27H2,1-3H3. The van der Waals surface area contributed by atoms with Crippen molar-refractivity contribution in [3.05, 3.63) is 53.7 Å². The van der Waals surface area contributed by atoms with Crippen molar-refractivity contribution in [3.63, 3.8) is 0 Å². The first-order valence-corrected chi connectivity index (χ1v) is 16.1. The molecule has 0 saturated carbocycles. The lowest BCUT2D eigenvalue weighted by Gasteiger charge is -2.29. The number of nitrogens with zero attached hydrogens (tertiary/aromatic N) is 1. The largest absolute Gasteiger partial charge is 0.348 e. The maximum Gasteiger partial charge on any atom is 0.185 e. The lowest BCUT2D eigenvalue weighted by molar-refractivity contribution is -0.206. The molecule has 1 aliphatic heterocycles. The Kier molecular flexibility index (Phi) is 15.1. The molecule has 0 N–H and O–H groups in total. The van der Waals surface area contributed by atoms with Crippen LogP contribution in [0.5, 0.6) is 0 Å². The van der Waals surface area contributed by atoms with Gasteiger partial charge in [-0.1, -0.05) is 128 Å². The molecular formula is C35H54FNO2. The molecule has 1 aliphatic rings. The second kappa shape index (κ2) is 18.5. The molecule has 2 heterocycles. The lowest BCUT2D eigenvalue weighted by atomic mass is 9.84. The molecular weight excluding hydrogens is 485 g/mol. The van der Waals surface area contributed by atoms with Gasteiger partial charge in [0.25, 0.3) is 0 Å². The van der Waals surface area contributed by atoms with E-state index in [1.165, 1.54) is 77.0 Å². The summed E-state index contributed by atoms with van der Waals surface area (Å²) in [6, 6.07) is 12.3. The number of pyridine rings is 1. The normalized spacial score (nSPS) is 19.2. The molecule has 39 heavy (non-hydrogen) atoms. The van der Waals surface area contributed by atoms with Gasteiger partial charge in [0.2, 0.25) is 0 Å². The smallest absolute Gasteiger partial charge is 0.185 e. The highest BCUT2D eigenvalue weighted by molar-refractivity contribution is 5.64. The molecule has 1 fully saturated rings. The van der Waals surface area contributed by atoms with Gasteiger partial charge < -0.3 is 9.47 Å². The number of alkyl halides is 1. The molecule has 1 saturated heterocycles. The van der Waals surface area contributed by atoms with Crippen LogP contribution < -0.4 is 0 Å². The average Bonchev–Trinajstić information content (AvgIpc) is 2.99. The van der Waals surface area contributed by atoms with Crippen LogP contribution in [0.4, 0.5) is 4.39 Å². The van der Waals surface area contributed by atoms with Crippen molar-refractivity contribution in [2.75, 3.05) is 13.2 Å².